The van der Waals surface area contributed by atoms with Crippen molar-refractivity contribution in [1.29, 1.82) is 0 Å². The second kappa shape index (κ2) is 4.65. The average Bonchev–Trinajstić information content (AvgIpc) is 2.82. The molecule has 0 bridgehead atoms. The van der Waals surface area contributed by atoms with Crippen molar-refractivity contribution in [2.75, 3.05) is 13.1 Å². The van der Waals surface area contributed by atoms with Crippen molar-refractivity contribution >= 4 is 11.8 Å². The Morgan fingerprint density at radius 1 is 0.778 bits per heavy atom. The summed E-state index contributed by atoms with van der Waals surface area (Å²) in [6, 6.07) is 0. The largest absolute Gasteiger partial charge is 0.273 e. The lowest BCUT2D eigenvalue weighted by Gasteiger charge is -2.44. The Bertz CT molecular complexity index is 335. The van der Waals surface area contributed by atoms with Crippen LogP contribution >= 0.6 is 0 Å². The predicted molar refractivity (Wildman–Crippen MR) is 67.4 cm³/mol. The number of imide groups is 1. The summed E-state index contributed by atoms with van der Waals surface area (Å²) >= 11 is 0. The van der Waals surface area contributed by atoms with Crippen LogP contribution in [0.3, 0.4) is 0 Å². The average molecular weight is 250 g/mol. The number of rotatable bonds is 1. The topological polar surface area (TPSA) is 40.6 Å². The summed E-state index contributed by atoms with van der Waals surface area (Å²) in [5, 5.41) is 3.42. The van der Waals surface area contributed by atoms with Crippen LogP contribution < -0.4 is 0 Å². The Labute approximate surface area is 108 Å². The number of hydrogen-bond acceptors (Lipinski definition) is 3. The number of hydrazine groups is 1. The fourth-order valence-electron chi connectivity index (χ4n) is 3.86. The smallest absolute Gasteiger partial charge is 0.244 e. The summed E-state index contributed by atoms with van der Waals surface area (Å²) in [5.41, 5.74) is 0.0165. The van der Waals surface area contributed by atoms with E-state index in [-0.39, 0.29) is 17.2 Å². The highest BCUT2D eigenvalue weighted by molar-refractivity contribution is 5.98. The molecule has 1 aliphatic carbocycles. The highest BCUT2D eigenvalue weighted by Crippen LogP contribution is 2.45. The van der Waals surface area contributed by atoms with Gasteiger partial charge in [0.25, 0.3) is 0 Å². The van der Waals surface area contributed by atoms with Gasteiger partial charge in [-0.05, 0) is 31.1 Å². The molecule has 0 atom stereocenters. The molecule has 18 heavy (non-hydrogen) atoms. The molecule has 2 heterocycles. The van der Waals surface area contributed by atoms with Gasteiger partial charge < -0.3 is 0 Å². The molecule has 3 fully saturated rings. The molecule has 3 rings (SSSR count). The summed E-state index contributed by atoms with van der Waals surface area (Å²) in [6.07, 6.45) is 9.15. The quantitative estimate of drug-likeness (QED) is 0.669. The van der Waals surface area contributed by atoms with Crippen molar-refractivity contribution in [3.8, 4) is 0 Å². The lowest BCUT2D eigenvalue weighted by molar-refractivity contribution is -0.173. The third-order valence-corrected chi connectivity index (χ3v) is 4.80. The number of piperidine rings is 1. The maximum Gasteiger partial charge on any atom is 0.244 e. The second-order valence-electron chi connectivity index (χ2n) is 6.17. The third-order valence-electron chi connectivity index (χ3n) is 4.80. The van der Waals surface area contributed by atoms with E-state index >= 15 is 0 Å². The number of carbonyl (C=O) groups is 2. The van der Waals surface area contributed by atoms with Crippen LogP contribution in [-0.2, 0) is 9.59 Å². The molecule has 4 heteroatoms. The van der Waals surface area contributed by atoms with Gasteiger partial charge in [0.2, 0.25) is 11.8 Å². The molecule has 1 spiro atoms. The van der Waals surface area contributed by atoms with Crippen molar-refractivity contribution in [1.82, 2.24) is 10.0 Å². The van der Waals surface area contributed by atoms with Crippen LogP contribution in [0.5, 0.6) is 0 Å². The molecule has 0 N–H and O–H groups in total. The Morgan fingerprint density at radius 3 is 1.89 bits per heavy atom. The first-order valence-corrected chi connectivity index (χ1v) is 7.31. The minimum Gasteiger partial charge on any atom is -0.273 e. The molecular weight excluding hydrogens is 228 g/mol. The fraction of sp³-hybridized carbons (Fsp3) is 0.857. The van der Waals surface area contributed by atoms with Gasteiger partial charge in [0.1, 0.15) is 0 Å². The van der Waals surface area contributed by atoms with Crippen molar-refractivity contribution in [3.05, 3.63) is 0 Å². The molecule has 2 aliphatic heterocycles. The fourth-order valence-corrected chi connectivity index (χ4v) is 3.86. The van der Waals surface area contributed by atoms with E-state index in [1.54, 1.807) is 0 Å². The van der Waals surface area contributed by atoms with Gasteiger partial charge in [0.15, 0.2) is 0 Å². The summed E-state index contributed by atoms with van der Waals surface area (Å²) < 4.78 is 0. The highest BCUT2D eigenvalue weighted by Gasteiger charge is 2.46. The maximum absolute atomic E-state index is 12.3. The van der Waals surface area contributed by atoms with E-state index in [1.165, 1.54) is 24.3 Å². The summed E-state index contributed by atoms with van der Waals surface area (Å²) in [5.74, 6) is 0.102. The van der Waals surface area contributed by atoms with Gasteiger partial charge in [-0.3, -0.25) is 9.59 Å². The third kappa shape index (κ3) is 2.07. The summed E-state index contributed by atoms with van der Waals surface area (Å²) in [4.78, 5) is 24.7. The molecule has 0 radical (unpaired) electrons. The second-order valence-corrected chi connectivity index (χ2v) is 6.17. The summed E-state index contributed by atoms with van der Waals surface area (Å²) in [7, 11) is 0. The lowest BCUT2D eigenvalue weighted by Crippen LogP contribution is -2.55. The van der Waals surface area contributed by atoms with Gasteiger partial charge in [-0.25, -0.2) is 10.0 Å². The minimum absolute atomic E-state index is 0.0165. The summed E-state index contributed by atoms with van der Waals surface area (Å²) in [6.45, 7) is 1.73. The molecule has 0 aromatic rings. The van der Waals surface area contributed by atoms with Gasteiger partial charge in [0.05, 0.1) is 0 Å². The number of amides is 2. The van der Waals surface area contributed by atoms with Crippen LogP contribution in [0.15, 0.2) is 0 Å². The molecule has 2 amide bonds. The zero-order valence-corrected chi connectivity index (χ0v) is 11.0. The molecule has 4 nitrogen and oxygen atoms in total. The van der Waals surface area contributed by atoms with Crippen molar-refractivity contribution in [3.63, 3.8) is 0 Å². The first kappa shape index (κ1) is 12.2. The molecule has 0 aromatic heterocycles. The molecule has 0 unspecified atom stereocenters. The Kier molecular flexibility index (Phi) is 3.14. The Morgan fingerprint density at radius 2 is 1.33 bits per heavy atom. The number of carbonyl (C=O) groups excluding carboxylic acids is 2. The SMILES string of the molecule is O=C1CC2(CCCCC2)CC(=O)N1N1CCCC1. The van der Waals surface area contributed by atoms with Crippen LogP contribution in [0.4, 0.5) is 0 Å². The maximum atomic E-state index is 12.3. The van der Waals surface area contributed by atoms with Gasteiger partial charge in [0, 0.05) is 25.9 Å². The lowest BCUT2D eigenvalue weighted by atomic mass is 9.68. The van der Waals surface area contributed by atoms with Gasteiger partial charge in [-0.2, -0.15) is 0 Å². The minimum atomic E-state index is 0.0165. The van der Waals surface area contributed by atoms with E-state index < -0.39 is 0 Å². The van der Waals surface area contributed by atoms with E-state index in [0.29, 0.717) is 12.8 Å². The molecular formula is C14H22N2O2. The van der Waals surface area contributed by atoms with Crippen LogP contribution in [-0.4, -0.2) is 34.9 Å². The van der Waals surface area contributed by atoms with E-state index in [1.807, 2.05) is 5.01 Å². The normalized spacial score (nSPS) is 29.2. The van der Waals surface area contributed by atoms with Crippen LogP contribution in [0.1, 0.15) is 57.8 Å². The molecule has 0 aromatic carbocycles. The van der Waals surface area contributed by atoms with Crippen LogP contribution in [0.25, 0.3) is 0 Å². The zero-order chi connectivity index (χ0) is 12.6. The van der Waals surface area contributed by atoms with E-state index in [9.17, 15) is 9.59 Å². The first-order valence-electron chi connectivity index (χ1n) is 7.31. The van der Waals surface area contributed by atoms with Crippen LogP contribution in [0.2, 0.25) is 0 Å². The van der Waals surface area contributed by atoms with Crippen molar-refractivity contribution in [2.24, 2.45) is 5.41 Å². The monoisotopic (exact) mass is 250 g/mol. The molecule has 100 valence electrons. The number of nitrogens with zero attached hydrogens (tertiary/aromatic N) is 2. The standard InChI is InChI=1S/C14H22N2O2/c17-12-10-14(6-2-1-3-7-14)11-13(18)16(12)15-8-4-5-9-15/h1-11H2. The van der Waals surface area contributed by atoms with Gasteiger partial charge in [-0.15, -0.1) is 0 Å². The molecule has 3 aliphatic rings. The van der Waals surface area contributed by atoms with E-state index in [0.717, 1.165) is 38.8 Å². The molecule has 2 saturated heterocycles. The van der Waals surface area contributed by atoms with Crippen LogP contribution in [0, 0.1) is 5.41 Å². The van der Waals surface area contributed by atoms with E-state index in [4.69, 9.17) is 0 Å². The highest BCUT2D eigenvalue weighted by atomic mass is 16.2. The Hall–Kier alpha value is -0.900. The first-order chi connectivity index (χ1) is 8.70. The zero-order valence-electron chi connectivity index (χ0n) is 11.0. The van der Waals surface area contributed by atoms with Gasteiger partial charge >= 0.3 is 0 Å². The van der Waals surface area contributed by atoms with E-state index in [2.05, 4.69) is 0 Å². The molecule has 1 saturated carbocycles. The predicted octanol–water partition coefficient (Wildman–Crippen LogP) is 2.10. The number of hydrogen-bond donors (Lipinski definition) is 0. The van der Waals surface area contributed by atoms with Gasteiger partial charge in [-0.1, -0.05) is 19.3 Å². The van der Waals surface area contributed by atoms with Crippen molar-refractivity contribution < 1.29 is 9.59 Å². The Balaban J connectivity index is 1.74. The van der Waals surface area contributed by atoms with Crippen molar-refractivity contribution in [2.45, 2.75) is 57.8 Å².